The quantitative estimate of drug-likeness (QED) is 0.254. The molecule has 2 fully saturated rings. The van der Waals surface area contributed by atoms with Gasteiger partial charge in [0.1, 0.15) is 35.7 Å². The molecule has 2 aliphatic heterocycles. The van der Waals surface area contributed by atoms with Gasteiger partial charge in [-0.1, -0.05) is 5.21 Å². The number of carbonyl (C=O) groups excluding carboxylic acids is 1. The molecule has 1 amide bonds. The first-order valence-electron chi connectivity index (χ1n) is 11.8. The predicted octanol–water partition coefficient (Wildman–Crippen LogP) is 0.725. The Morgan fingerprint density at radius 1 is 1.23 bits per heavy atom. The van der Waals surface area contributed by atoms with Crippen LogP contribution in [0.3, 0.4) is 0 Å². The molecule has 0 saturated carbocycles. The Morgan fingerprint density at radius 2 is 1.97 bits per heavy atom. The van der Waals surface area contributed by atoms with E-state index in [0.29, 0.717) is 16.3 Å². The number of nitrogens with zero attached hydrogens (tertiary/aromatic N) is 5. The monoisotopic (exact) mass is 566 g/mol. The summed E-state index contributed by atoms with van der Waals surface area (Å²) in [6.07, 6.45) is 0.285. The largest absolute Gasteiger partial charge is 0.394 e. The highest BCUT2D eigenvalue weighted by Crippen LogP contribution is 2.51. The van der Waals surface area contributed by atoms with Gasteiger partial charge in [-0.05, 0) is 18.6 Å². The van der Waals surface area contributed by atoms with Crippen molar-refractivity contribution in [3.63, 3.8) is 0 Å². The van der Waals surface area contributed by atoms with Crippen LogP contribution >= 0.6 is 11.3 Å². The number of amides is 1. The van der Waals surface area contributed by atoms with Crippen molar-refractivity contribution >= 4 is 22.2 Å². The van der Waals surface area contributed by atoms with Crippen molar-refractivity contribution in [3.05, 3.63) is 58.7 Å². The van der Waals surface area contributed by atoms with Crippen molar-refractivity contribution in [1.29, 1.82) is 0 Å². The van der Waals surface area contributed by atoms with Gasteiger partial charge in [0, 0.05) is 16.6 Å². The molecule has 6 rings (SSSR count). The Hall–Kier alpha value is -3.41. The molecule has 5 N–H and O–H groups in total. The molecule has 0 aliphatic carbocycles. The first-order valence-corrected chi connectivity index (χ1v) is 12.6. The number of hydrogen-bond acceptors (Lipinski definition) is 10. The Kier molecular flexibility index (Phi) is 6.20. The van der Waals surface area contributed by atoms with Crippen molar-refractivity contribution in [2.24, 2.45) is 5.73 Å². The summed E-state index contributed by atoms with van der Waals surface area (Å²) in [5.74, 6) is -7.53. The number of aromatic nitrogens is 5. The van der Waals surface area contributed by atoms with Crippen LogP contribution in [0, 0.1) is 17.5 Å². The Labute approximate surface area is 221 Å². The van der Waals surface area contributed by atoms with Gasteiger partial charge >= 0.3 is 0 Å². The second-order valence-electron chi connectivity index (χ2n) is 9.31. The molecule has 2 aliphatic rings. The fraction of sp³-hybridized carbons (Fsp3) is 0.391. The molecule has 0 unspecified atom stereocenters. The number of rotatable bonds is 5. The number of aliphatic hydroxyl groups excluding tert-OH is 3. The van der Waals surface area contributed by atoms with E-state index in [-0.39, 0.29) is 23.6 Å². The maximum absolute atomic E-state index is 13.8. The van der Waals surface area contributed by atoms with Crippen LogP contribution in [-0.2, 0) is 9.47 Å². The minimum absolute atomic E-state index is 0.0596. The molecule has 39 heavy (non-hydrogen) atoms. The van der Waals surface area contributed by atoms with E-state index in [1.807, 2.05) is 0 Å². The van der Waals surface area contributed by atoms with Crippen molar-refractivity contribution in [2.75, 3.05) is 13.2 Å². The first kappa shape index (κ1) is 25.8. The van der Waals surface area contributed by atoms with Crippen molar-refractivity contribution in [1.82, 2.24) is 24.4 Å². The zero-order valence-corrected chi connectivity index (χ0v) is 20.6. The number of ether oxygens (including phenoxy) is 2. The van der Waals surface area contributed by atoms with Crippen LogP contribution in [-0.4, -0.2) is 82.9 Å². The molecule has 3 aromatic heterocycles. The van der Waals surface area contributed by atoms with Gasteiger partial charge in [-0.25, -0.2) is 22.8 Å². The standard InChI is InChI=1S/C23H21F3N6O6S/c24-11-3-9(4-12(25)17(11)26)13-6-32(30-29-13)18-19(34)15(8-33)38-23(20(18)35)10(1-2-37-23)16-7-31-14(21(27)36)5-28-22(31)39-16/h3-7,10,15,18-20,33-35H,1-2,8H2,(H2,27,36)/t10-,15+,18-,19-,20+,23-/m0/s1. The zero-order valence-electron chi connectivity index (χ0n) is 19.8. The van der Waals surface area contributed by atoms with Crippen LogP contribution in [0.15, 0.2) is 30.7 Å². The normalized spacial score (nSPS) is 29.0. The van der Waals surface area contributed by atoms with Gasteiger partial charge < -0.3 is 30.5 Å². The summed E-state index contributed by atoms with van der Waals surface area (Å²) in [6.45, 7) is -0.486. The van der Waals surface area contributed by atoms with Crippen LogP contribution in [0.4, 0.5) is 13.2 Å². The van der Waals surface area contributed by atoms with Crippen LogP contribution in [0.25, 0.3) is 16.2 Å². The van der Waals surface area contributed by atoms with Gasteiger partial charge in [0.25, 0.3) is 5.91 Å². The highest BCUT2D eigenvalue weighted by Gasteiger charge is 2.62. The molecular formula is C23H21F3N6O6S. The second kappa shape index (κ2) is 9.35. The lowest BCUT2D eigenvalue weighted by Crippen LogP contribution is -2.64. The van der Waals surface area contributed by atoms with E-state index in [9.17, 15) is 33.3 Å². The van der Waals surface area contributed by atoms with E-state index in [2.05, 4.69) is 15.3 Å². The van der Waals surface area contributed by atoms with Gasteiger partial charge in [-0.2, -0.15) is 0 Å². The summed E-state index contributed by atoms with van der Waals surface area (Å²) < 4.78 is 55.6. The molecule has 12 nitrogen and oxygen atoms in total. The van der Waals surface area contributed by atoms with Gasteiger partial charge in [0.2, 0.25) is 5.79 Å². The first-order chi connectivity index (χ1) is 18.6. The van der Waals surface area contributed by atoms with E-state index in [4.69, 9.17) is 15.2 Å². The number of hydrogen-bond donors (Lipinski definition) is 4. The van der Waals surface area contributed by atoms with E-state index < -0.39 is 66.0 Å². The van der Waals surface area contributed by atoms with Crippen molar-refractivity contribution in [2.45, 2.75) is 42.5 Å². The lowest BCUT2D eigenvalue weighted by Gasteiger charge is -2.49. The zero-order chi connectivity index (χ0) is 27.6. The van der Waals surface area contributed by atoms with Gasteiger partial charge in [-0.3, -0.25) is 9.20 Å². The molecular weight excluding hydrogens is 545 g/mol. The highest BCUT2D eigenvalue weighted by atomic mass is 32.1. The fourth-order valence-corrected chi connectivity index (χ4v) is 6.41. The second-order valence-corrected chi connectivity index (χ2v) is 10.3. The van der Waals surface area contributed by atoms with Crippen molar-refractivity contribution < 1.29 is 42.8 Å². The van der Waals surface area contributed by atoms with E-state index in [1.165, 1.54) is 28.1 Å². The summed E-state index contributed by atoms with van der Waals surface area (Å²) in [4.78, 5) is 17.1. The number of nitrogens with two attached hydrogens (primary N) is 1. The maximum Gasteiger partial charge on any atom is 0.267 e. The molecule has 16 heteroatoms. The number of benzene rings is 1. The third kappa shape index (κ3) is 3.94. The summed E-state index contributed by atoms with van der Waals surface area (Å²) in [5, 5.41) is 40.4. The lowest BCUT2D eigenvalue weighted by atomic mass is 9.82. The average molecular weight is 567 g/mol. The van der Waals surface area contributed by atoms with Crippen LogP contribution in [0.2, 0.25) is 0 Å². The summed E-state index contributed by atoms with van der Waals surface area (Å²) in [5.41, 5.74) is 5.41. The number of fused-ring (bicyclic) bond motifs is 1. The molecule has 1 spiro atoms. The number of carbonyl (C=O) groups is 1. The van der Waals surface area contributed by atoms with E-state index in [0.717, 1.165) is 16.8 Å². The van der Waals surface area contributed by atoms with Crippen LogP contribution < -0.4 is 5.73 Å². The summed E-state index contributed by atoms with van der Waals surface area (Å²) >= 11 is 1.23. The highest BCUT2D eigenvalue weighted by molar-refractivity contribution is 7.17. The SMILES string of the molecule is NC(=O)c1cnc2sc([C@@H]3CCO[C@]34O[C@H](CO)[C@H](O)[C@H](n3cc(-c5cc(F)c(F)c(F)c5)nn3)[C@H]4O)cn12. The lowest BCUT2D eigenvalue weighted by molar-refractivity contribution is -0.344. The number of thiazole rings is 1. The summed E-state index contributed by atoms with van der Waals surface area (Å²) in [6, 6.07) is 0.203. The minimum atomic E-state index is -1.76. The number of primary amides is 1. The number of halogens is 3. The summed E-state index contributed by atoms with van der Waals surface area (Å²) in [7, 11) is 0. The topological polar surface area (TPSA) is 170 Å². The molecule has 0 bridgehead atoms. The molecule has 4 aromatic rings. The molecule has 206 valence electrons. The van der Waals surface area contributed by atoms with Gasteiger partial charge in [0.05, 0.1) is 31.5 Å². The molecule has 2 saturated heterocycles. The predicted molar refractivity (Wildman–Crippen MR) is 126 cm³/mol. The fourth-order valence-electron chi connectivity index (χ4n) is 5.26. The molecule has 5 heterocycles. The Morgan fingerprint density at radius 3 is 2.67 bits per heavy atom. The Bertz CT molecular complexity index is 1550. The van der Waals surface area contributed by atoms with E-state index >= 15 is 0 Å². The molecule has 6 atom stereocenters. The average Bonchev–Trinajstić information content (AvgIpc) is 3.68. The number of imidazole rings is 1. The minimum Gasteiger partial charge on any atom is -0.394 e. The smallest absolute Gasteiger partial charge is 0.267 e. The molecule has 0 radical (unpaired) electrons. The van der Waals surface area contributed by atoms with Gasteiger partial charge in [0.15, 0.2) is 22.4 Å². The third-order valence-electron chi connectivity index (χ3n) is 7.12. The maximum atomic E-state index is 13.8. The van der Waals surface area contributed by atoms with E-state index in [1.54, 1.807) is 6.20 Å². The molecule has 1 aromatic carbocycles. The van der Waals surface area contributed by atoms with Crippen LogP contribution in [0.5, 0.6) is 0 Å². The van der Waals surface area contributed by atoms with Crippen molar-refractivity contribution in [3.8, 4) is 11.3 Å². The third-order valence-corrected chi connectivity index (χ3v) is 8.23. The van der Waals surface area contributed by atoms with Gasteiger partial charge in [-0.15, -0.1) is 16.4 Å². The number of aliphatic hydroxyl groups is 3. The Balaban J connectivity index is 1.39. The van der Waals surface area contributed by atoms with Crippen LogP contribution in [0.1, 0.15) is 33.7 Å².